The predicted octanol–water partition coefficient (Wildman–Crippen LogP) is 2.78. The smallest absolute Gasteiger partial charge is 0.238 e. The van der Waals surface area contributed by atoms with Gasteiger partial charge in [0.1, 0.15) is 0 Å². The molecule has 2 N–H and O–H groups in total. The van der Waals surface area contributed by atoms with Crippen molar-refractivity contribution >= 4 is 27.5 Å². The van der Waals surface area contributed by atoms with Crippen LogP contribution in [0, 0.1) is 0 Å². The third-order valence-electron chi connectivity index (χ3n) is 3.80. The molecule has 2 aromatic rings. The quantitative estimate of drug-likeness (QED) is 0.884. The third kappa shape index (κ3) is 3.06. The maximum absolute atomic E-state index is 12.1. The number of anilines is 1. The molecule has 4 nitrogen and oxygen atoms in total. The molecule has 114 valence electrons. The van der Waals surface area contributed by atoms with Gasteiger partial charge >= 0.3 is 0 Å². The van der Waals surface area contributed by atoms with E-state index in [4.69, 9.17) is 0 Å². The number of carbonyl (C=O) groups is 1. The Bertz CT molecular complexity index is 676. The fourth-order valence-electron chi connectivity index (χ4n) is 2.90. The van der Waals surface area contributed by atoms with Crippen LogP contribution in [-0.4, -0.2) is 35.6 Å². The van der Waals surface area contributed by atoms with Crippen LogP contribution in [0.3, 0.4) is 0 Å². The maximum Gasteiger partial charge on any atom is 0.238 e. The molecule has 0 aromatic heterocycles. The normalized spacial score (nSPS) is 18.5. The first-order valence-electron chi connectivity index (χ1n) is 7.18. The summed E-state index contributed by atoms with van der Waals surface area (Å²) in [6.07, 6.45) is 0. The summed E-state index contributed by atoms with van der Waals surface area (Å²) in [5.41, 5.74) is 2.95. The number of nitrogens with zero attached hydrogens (tertiary/aromatic N) is 1. The molecule has 1 unspecified atom stereocenters. The van der Waals surface area contributed by atoms with Gasteiger partial charge in [0.25, 0.3) is 0 Å². The van der Waals surface area contributed by atoms with Crippen molar-refractivity contribution in [3.8, 4) is 0 Å². The Morgan fingerprint density at radius 2 is 2.00 bits per heavy atom. The summed E-state index contributed by atoms with van der Waals surface area (Å²) in [6.45, 7) is 0.714. The van der Waals surface area contributed by atoms with Crippen molar-refractivity contribution in [3.63, 3.8) is 0 Å². The van der Waals surface area contributed by atoms with E-state index in [0.717, 1.165) is 21.3 Å². The first kappa shape index (κ1) is 15.2. The molecule has 1 amide bonds. The van der Waals surface area contributed by atoms with Crippen molar-refractivity contribution in [1.82, 2.24) is 4.90 Å². The summed E-state index contributed by atoms with van der Waals surface area (Å²) >= 11 is 3.51. The molecular weight excluding hydrogens is 344 g/mol. The lowest BCUT2D eigenvalue weighted by Crippen LogP contribution is -2.36. The molecule has 0 bridgehead atoms. The Morgan fingerprint density at radius 1 is 1.23 bits per heavy atom. The molecule has 0 spiro atoms. The highest BCUT2D eigenvalue weighted by Gasteiger charge is 2.29. The van der Waals surface area contributed by atoms with Crippen LogP contribution >= 0.6 is 15.9 Å². The highest BCUT2D eigenvalue weighted by atomic mass is 79.9. The summed E-state index contributed by atoms with van der Waals surface area (Å²) < 4.78 is 0.965. The van der Waals surface area contributed by atoms with E-state index in [1.807, 2.05) is 41.3 Å². The molecule has 5 heteroatoms. The van der Waals surface area contributed by atoms with E-state index in [1.54, 1.807) is 0 Å². The number of amides is 1. The average molecular weight is 361 g/mol. The minimum absolute atomic E-state index is 0.0138. The van der Waals surface area contributed by atoms with Gasteiger partial charge in [-0.25, -0.2) is 0 Å². The van der Waals surface area contributed by atoms with Crippen LogP contribution in [-0.2, 0) is 4.79 Å². The summed E-state index contributed by atoms with van der Waals surface area (Å²) in [4.78, 5) is 14.1. The molecular formula is C17H17BrN2O2. The maximum atomic E-state index is 12.1. The predicted molar refractivity (Wildman–Crippen MR) is 89.7 cm³/mol. The molecule has 1 aliphatic rings. The second kappa shape index (κ2) is 6.60. The Balaban J connectivity index is 2.15. The summed E-state index contributed by atoms with van der Waals surface area (Å²) in [6, 6.07) is 15.8. The lowest BCUT2D eigenvalue weighted by molar-refractivity contribution is -0.117. The molecule has 1 heterocycles. The van der Waals surface area contributed by atoms with E-state index >= 15 is 0 Å². The molecule has 1 aliphatic heterocycles. The van der Waals surface area contributed by atoms with Crippen LogP contribution in [0.1, 0.15) is 17.2 Å². The zero-order valence-electron chi connectivity index (χ0n) is 12.0. The van der Waals surface area contributed by atoms with Crippen molar-refractivity contribution < 1.29 is 9.90 Å². The van der Waals surface area contributed by atoms with Crippen LogP contribution in [0.4, 0.5) is 5.69 Å². The van der Waals surface area contributed by atoms with E-state index in [1.165, 1.54) is 0 Å². The molecule has 0 saturated heterocycles. The van der Waals surface area contributed by atoms with Gasteiger partial charge < -0.3 is 10.4 Å². The topological polar surface area (TPSA) is 52.6 Å². The zero-order chi connectivity index (χ0) is 15.5. The van der Waals surface area contributed by atoms with Crippen LogP contribution in [0.5, 0.6) is 0 Å². The van der Waals surface area contributed by atoms with Crippen molar-refractivity contribution in [2.75, 3.05) is 25.0 Å². The number of hydrogen-bond acceptors (Lipinski definition) is 3. The molecule has 0 fully saturated rings. The van der Waals surface area contributed by atoms with Crippen LogP contribution in [0.15, 0.2) is 53.0 Å². The lowest BCUT2D eigenvalue weighted by atomic mass is 9.96. The van der Waals surface area contributed by atoms with Crippen LogP contribution in [0.25, 0.3) is 0 Å². The molecule has 0 radical (unpaired) electrons. The molecule has 3 rings (SSSR count). The van der Waals surface area contributed by atoms with Gasteiger partial charge in [-0.1, -0.05) is 46.3 Å². The van der Waals surface area contributed by atoms with E-state index < -0.39 is 0 Å². The molecule has 0 saturated carbocycles. The van der Waals surface area contributed by atoms with Gasteiger partial charge in [-0.05, 0) is 29.3 Å². The van der Waals surface area contributed by atoms with E-state index in [9.17, 15) is 9.90 Å². The molecule has 0 aliphatic carbocycles. The van der Waals surface area contributed by atoms with Gasteiger partial charge in [-0.2, -0.15) is 0 Å². The Hall–Kier alpha value is -1.69. The monoisotopic (exact) mass is 360 g/mol. The molecule has 1 atom stereocenters. The average Bonchev–Trinajstić information content (AvgIpc) is 2.64. The standard InChI is InChI=1S/C17H17BrN2O2/c18-13-6-7-15-14(10-13)17(12-4-2-1-3-5-12)20(8-9-21)11-16(22)19-15/h1-7,10,17,21H,8-9,11H2,(H,19,22). The van der Waals surface area contributed by atoms with Gasteiger partial charge in [-0.15, -0.1) is 0 Å². The van der Waals surface area contributed by atoms with Gasteiger partial charge in [0, 0.05) is 16.7 Å². The van der Waals surface area contributed by atoms with E-state index in [2.05, 4.69) is 33.4 Å². The number of hydrogen-bond donors (Lipinski definition) is 2. The number of fused-ring (bicyclic) bond motifs is 1. The zero-order valence-corrected chi connectivity index (χ0v) is 13.6. The van der Waals surface area contributed by atoms with E-state index in [-0.39, 0.29) is 25.1 Å². The number of nitrogens with one attached hydrogen (secondary N) is 1. The fraction of sp³-hybridized carbons (Fsp3) is 0.235. The Kier molecular flexibility index (Phi) is 4.57. The third-order valence-corrected chi connectivity index (χ3v) is 4.29. The number of benzene rings is 2. The van der Waals surface area contributed by atoms with Crippen molar-refractivity contribution in [2.24, 2.45) is 0 Å². The largest absolute Gasteiger partial charge is 0.395 e. The lowest BCUT2D eigenvalue weighted by Gasteiger charge is -2.29. The molecule has 2 aromatic carbocycles. The van der Waals surface area contributed by atoms with Gasteiger partial charge in [0.15, 0.2) is 0 Å². The second-order valence-corrected chi connectivity index (χ2v) is 6.20. The number of rotatable bonds is 3. The number of carbonyl (C=O) groups excluding carboxylic acids is 1. The highest BCUT2D eigenvalue weighted by molar-refractivity contribution is 9.10. The molecule has 22 heavy (non-hydrogen) atoms. The van der Waals surface area contributed by atoms with Gasteiger partial charge in [0.05, 0.1) is 19.2 Å². The first-order valence-corrected chi connectivity index (χ1v) is 7.97. The minimum atomic E-state index is -0.0696. The van der Waals surface area contributed by atoms with Crippen LogP contribution < -0.4 is 5.32 Å². The van der Waals surface area contributed by atoms with Gasteiger partial charge in [0.2, 0.25) is 5.91 Å². The number of aliphatic hydroxyl groups is 1. The van der Waals surface area contributed by atoms with Crippen molar-refractivity contribution in [1.29, 1.82) is 0 Å². The fourth-order valence-corrected chi connectivity index (χ4v) is 3.28. The Labute approximate surface area is 137 Å². The van der Waals surface area contributed by atoms with Gasteiger partial charge in [-0.3, -0.25) is 9.69 Å². The summed E-state index contributed by atoms with van der Waals surface area (Å²) in [7, 11) is 0. The minimum Gasteiger partial charge on any atom is -0.395 e. The van der Waals surface area contributed by atoms with Crippen molar-refractivity contribution in [2.45, 2.75) is 6.04 Å². The first-order chi connectivity index (χ1) is 10.7. The van der Waals surface area contributed by atoms with E-state index in [0.29, 0.717) is 6.54 Å². The number of aliphatic hydroxyl groups excluding tert-OH is 1. The summed E-state index contributed by atoms with van der Waals surface area (Å²) in [5, 5.41) is 12.3. The second-order valence-electron chi connectivity index (χ2n) is 5.29. The highest BCUT2D eigenvalue weighted by Crippen LogP contribution is 2.36. The van der Waals surface area contributed by atoms with Crippen LogP contribution in [0.2, 0.25) is 0 Å². The number of β-amino-alcohol motifs (C(OH)–C–C–N with tert-alkyl or cyclic N) is 1. The Morgan fingerprint density at radius 3 is 2.73 bits per heavy atom. The summed E-state index contributed by atoms with van der Waals surface area (Å²) in [5.74, 6) is -0.0598. The number of halogens is 1. The van der Waals surface area contributed by atoms with Crippen molar-refractivity contribution in [3.05, 3.63) is 64.1 Å². The SMILES string of the molecule is O=C1CN(CCO)C(c2ccccc2)c2cc(Br)ccc2N1.